The fraction of sp³-hybridized carbons (Fsp3) is 0.211. The molecule has 2 aromatic rings. The van der Waals surface area contributed by atoms with Gasteiger partial charge in [0.2, 0.25) is 15.9 Å². The number of benzene rings is 2. The molecule has 0 aliphatic carbocycles. The van der Waals surface area contributed by atoms with Gasteiger partial charge >= 0.3 is 0 Å². The Balaban J connectivity index is 1.80. The first-order chi connectivity index (χ1) is 11.9. The van der Waals surface area contributed by atoms with Crippen LogP contribution in [0.5, 0.6) is 0 Å². The predicted octanol–water partition coefficient (Wildman–Crippen LogP) is 2.27. The van der Waals surface area contributed by atoms with E-state index in [-0.39, 0.29) is 10.8 Å². The average Bonchev–Trinajstić information content (AvgIpc) is 2.60. The summed E-state index contributed by atoms with van der Waals surface area (Å²) in [6.07, 6.45) is 4.87. The Morgan fingerprint density at radius 1 is 1.04 bits per heavy atom. The third kappa shape index (κ3) is 6.17. The van der Waals surface area contributed by atoms with Gasteiger partial charge in [0.05, 0.1) is 4.90 Å². The average molecular weight is 358 g/mol. The van der Waals surface area contributed by atoms with Gasteiger partial charge < -0.3 is 5.32 Å². The maximum atomic E-state index is 11.8. The quantitative estimate of drug-likeness (QED) is 0.744. The zero-order valence-corrected chi connectivity index (χ0v) is 14.9. The second-order valence-electron chi connectivity index (χ2n) is 5.66. The van der Waals surface area contributed by atoms with Crippen molar-refractivity contribution in [2.75, 3.05) is 6.54 Å². The number of nitrogens with one attached hydrogen (secondary N) is 1. The van der Waals surface area contributed by atoms with E-state index in [1.54, 1.807) is 18.2 Å². The lowest BCUT2D eigenvalue weighted by Crippen LogP contribution is -2.23. The minimum absolute atomic E-state index is 0.0808. The van der Waals surface area contributed by atoms with E-state index in [1.165, 1.54) is 23.8 Å². The lowest BCUT2D eigenvalue weighted by atomic mass is 10.1. The lowest BCUT2D eigenvalue weighted by Gasteiger charge is -2.04. The predicted molar refractivity (Wildman–Crippen MR) is 99.4 cm³/mol. The standard InChI is InChI=1S/C19H22N2O3S/c1-2-15-3-5-16(6-4-15)9-12-19(22)21-14-13-17-7-10-18(11-8-17)25(20,23)24/h3-12H,2,13-14H2,1H3,(H,21,22)(H2,20,23,24)/b12-9+. The van der Waals surface area contributed by atoms with E-state index in [4.69, 9.17) is 5.14 Å². The summed E-state index contributed by atoms with van der Waals surface area (Å²) in [5, 5.41) is 7.85. The first-order valence-electron chi connectivity index (χ1n) is 8.05. The molecule has 5 nitrogen and oxygen atoms in total. The molecule has 2 rings (SSSR count). The van der Waals surface area contributed by atoms with Crippen molar-refractivity contribution < 1.29 is 13.2 Å². The Morgan fingerprint density at radius 3 is 2.20 bits per heavy atom. The molecule has 0 spiro atoms. The summed E-state index contributed by atoms with van der Waals surface area (Å²) in [6, 6.07) is 14.4. The van der Waals surface area contributed by atoms with Gasteiger partial charge in [-0.1, -0.05) is 43.3 Å². The van der Waals surface area contributed by atoms with Crippen molar-refractivity contribution in [3.8, 4) is 0 Å². The van der Waals surface area contributed by atoms with Gasteiger partial charge in [0.1, 0.15) is 0 Å². The molecule has 0 fully saturated rings. The molecular weight excluding hydrogens is 336 g/mol. The second kappa shape index (κ2) is 8.60. The Bertz CT molecular complexity index is 839. The summed E-state index contributed by atoms with van der Waals surface area (Å²) in [5.41, 5.74) is 3.16. The largest absolute Gasteiger partial charge is 0.352 e. The highest BCUT2D eigenvalue weighted by Crippen LogP contribution is 2.09. The van der Waals surface area contributed by atoms with E-state index >= 15 is 0 Å². The first-order valence-corrected chi connectivity index (χ1v) is 9.59. The van der Waals surface area contributed by atoms with Crippen molar-refractivity contribution in [3.05, 3.63) is 71.3 Å². The van der Waals surface area contributed by atoms with E-state index in [0.717, 1.165) is 17.5 Å². The van der Waals surface area contributed by atoms with Crippen LogP contribution in [0, 0.1) is 0 Å². The van der Waals surface area contributed by atoms with Crippen LogP contribution < -0.4 is 10.5 Å². The number of aryl methyl sites for hydroxylation is 1. The minimum atomic E-state index is -3.67. The molecule has 0 aliphatic rings. The summed E-state index contributed by atoms with van der Waals surface area (Å²) in [7, 11) is -3.67. The summed E-state index contributed by atoms with van der Waals surface area (Å²) >= 11 is 0. The van der Waals surface area contributed by atoms with E-state index in [2.05, 4.69) is 12.2 Å². The molecule has 25 heavy (non-hydrogen) atoms. The van der Waals surface area contributed by atoms with Crippen molar-refractivity contribution in [1.29, 1.82) is 0 Å². The number of amides is 1. The van der Waals surface area contributed by atoms with Crippen molar-refractivity contribution in [1.82, 2.24) is 5.32 Å². The van der Waals surface area contributed by atoms with Crippen LogP contribution in [0.2, 0.25) is 0 Å². The molecule has 0 saturated carbocycles. The fourth-order valence-electron chi connectivity index (χ4n) is 2.27. The maximum absolute atomic E-state index is 11.8. The zero-order chi connectivity index (χ0) is 18.3. The molecule has 0 atom stereocenters. The molecule has 3 N–H and O–H groups in total. The number of carbonyl (C=O) groups excluding carboxylic acids is 1. The first kappa shape index (κ1) is 18.9. The van der Waals surface area contributed by atoms with Gasteiger partial charge in [-0.3, -0.25) is 4.79 Å². The monoisotopic (exact) mass is 358 g/mol. The van der Waals surface area contributed by atoms with E-state index in [9.17, 15) is 13.2 Å². The number of rotatable bonds is 7. The molecular formula is C19H22N2O3S. The topological polar surface area (TPSA) is 89.3 Å². The van der Waals surface area contributed by atoms with Crippen LogP contribution in [0.15, 0.2) is 59.5 Å². The van der Waals surface area contributed by atoms with Gasteiger partial charge in [-0.25, -0.2) is 13.6 Å². The Labute approximate surface area is 148 Å². The fourth-order valence-corrected chi connectivity index (χ4v) is 2.79. The third-order valence-electron chi connectivity index (χ3n) is 3.78. The van der Waals surface area contributed by atoms with Crippen LogP contribution in [-0.4, -0.2) is 20.9 Å². The molecule has 1 amide bonds. The van der Waals surface area contributed by atoms with Gasteiger partial charge in [0, 0.05) is 12.6 Å². The van der Waals surface area contributed by atoms with Crippen LogP contribution in [0.3, 0.4) is 0 Å². The molecule has 0 heterocycles. The minimum Gasteiger partial charge on any atom is -0.352 e. The Morgan fingerprint density at radius 2 is 1.64 bits per heavy atom. The SMILES string of the molecule is CCc1ccc(/C=C/C(=O)NCCc2ccc(S(N)(=O)=O)cc2)cc1. The van der Waals surface area contributed by atoms with Gasteiger partial charge in [0.15, 0.2) is 0 Å². The molecule has 132 valence electrons. The Hall–Kier alpha value is -2.44. The van der Waals surface area contributed by atoms with E-state index < -0.39 is 10.0 Å². The second-order valence-corrected chi connectivity index (χ2v) is 7.22. The number of primary sulfonamides is 1. The molecule has 0 radical (unpaired) electrons. The molecule has 0 unspecified atom stereocenters. The molecule has 2 aromatic carbocycles. The highest BCUT2D eigenvalue weighted by molar-refractivity contribution is 7.89. The number of nitrogens with two attached hydrogens (primary N) is 1. The van der Waals surface area contributed by atoms with Crippen molar-refractivity contribution in [2.24, 2.45) is 5.14 Å². The van der Waals surface area contributed by atoms with Crippen LogP contribution in [0.1, 0.15) is 23.6 Å². The molecule has 0 bridgehead atoms. The number of hydrogen-bond acceptors (Lipinski definition) is 3. The van der Waals surface area contributed by atoms with Crippen LogP contribution in [0.25, 0.3) is 6.08 Å². The third-order valence-corrected chi connectivity index (χ3v) is 4.71. The number of carbonyl (C=O) groups is 1. The molecule has 6 heteroatoms. The summed E-state index contributed by atoms with van der Waals surface area (Å²) in [5.74, 6) is -0.166. The van der Waals surface area contributed by atoms with Gasteiger partial charge in [-0.2, -0.15) is 0 Å². The maximum Gasteiger partial charge on any atom is 0.244 e. The van der Waals surface area contributed by atoms with Crippen molar-refractivity contribution in [2.45, 2.75) is 24.7 Å². The van der Waals surface area contributed by atoms with Crippen LogP contribution in [-0.2, 0) is 27.7 Å². The Kier molecular flexibility index (Phi) is 6.50. The van der Waals surface area contributed by atoms with Crippen molar-refractivity contribution >= 4 is 22.0 Å². The van der Waals surface area contributed by atoms with Gasteiger partial charge in [0.25, 0.3) is 0 Å². The normalized spacial score (nSPS) is 11.6. The molecule has 0 saturated heterocycles. The lowest BCUT2D eigenvalue weighted by molar-refractivity contribution is -0.116. The van der Waals surface area contributed by atoms with E-state index in [0.29, 0.717) is 13.0 Å². The highest BCUT2D eigenvalue weighted by Gasteiger charge is 2.06. The summed E-state index contributed by atoms with van der Waals surface area (Å²) in [4.78, 5) is 11.9. The number of sulfonamides is 1. The van der Waals surface area contributed by atoms with Crippen LogP contribution >= 0.6 is 0 Å². The molecule has 0 aromatic heterocycles. The van der Waals surface area contributed by atoms with E-state index in [1.807, 2.05) is 24.3 Å². The smallest absolute Gasteiger partial charge is 0.244 e. The van der Waals surface area contributed by atoms with Gasteiger partial charge in [-0.15, -0.1) is 0 Å². The van der Waals surface area contributed by atoms with Crippen LogP contribution in [0.4, 0.5) is 0 Å². The van der Waals surface area contributed by atoms with Gasteiger partial charge in [-0.05, 0) is 47.7 Å². The molecule has 0 aliphatic heterocycles. The summed E-state index contributed by atoms with van der Waals surface area (Å²) in [6.45, 7) is 2.56. The summed E-state index contributed by atoms with van der Waals surface area (Å²) < 4.78 is 22.4. The number of hydrogen-bond donors (Lipinski definition) is 2. The highest BCUT2D eigenvalue weighted by atomic mass is 32.2. The zero-order valence-electron chi connectivity index (χ0n) is 14.1. The van der Waals surface area contributed by atoms with Crippen molar-refractivity contribution in [3.63, 3.8) is 0 Å².